The maximum atomic E-state index is 13.2. The number of nitrogens with zero attached hydrogens (tertiary/aromatic N) is 4. The van der Waals surface area contributed by atoms with Gasteiger partial charge in [-0.2, -0.15) is 0 Å². The van der Waals surface area contributed by atoms with Gasteiger partial charge in [-0.1, -0.05) is 48.5 Å². The van der Waals surface area contributed by atoms with Crippen molar-refractivity contribution in [3.8, 4) is 11.6 Å². The van der Waals surface area contributed by atoms with Gasteiger partial charge in [-0.25, -0.2) is 18.9 Å². The summed E-state index contributed by atoms with van der Waals surface area (Å²) in [5.41, 5.74) is 2.57. The van der Waals surface area contributed by atoms with Crippen LogP contribution in [-0.4, -0.2) is 25.1 Å². The summed E-state index contributed by atoms with van der Waals surface area (Å²) in [6.45, 7) is 1.66. The lowest BCUT2D eigenvalue weighted by molar-refractivity contribution is -0.117. The molecule has 0 aliphatic heterocycles. The van der Waals surface area contributed by atoms with Gasteiger partial charge in [0.15, 0.2) is 0 Å². The van der Waals surface area contributed by atoms with Gasteiger partial charge in [0, 0.05) is 5.69 Å². The number of aromatic nitrogens is 4. The van der Waals surface area contributed by atoms with Gasteiger partial charge >= 0.3 is 5.69 Å². The maximum Gasteiger partial charge on any atom is 0.351 e. The van der Waals surface area contributed by atoms with Crippen LogP contribution < -0.4 is 15.7 Å². The van der Waals surface area contributed by atoms with Crippen molar-refractivity contribution in [2.75, 3.05) is 5.32 Å². The number of para-hydroxylation sites is 4. The molecule has 0 saturated heterocycles. The number of carbonyl (C=O) groups excluding carboxylic acids is 1. The molecular weight excluding hydrogens is 406 g/mol. The predicted molar refractivity (Wildman–Crippen MR) is 121 cm³/mol. The number of rotatable bonds is 5. The summed E-state index contributed by atoms with van der Waals surface area (Å²) in [6, 6.07) is 23.8. The van der Waals surface area contributed by atoms with E-state index in [9.17, 15) is 9.59 Å². The molecule has 1 N–H and O–H groups in total. The molecule has 0 radical (unpaired) electrons. The third kappa shape index (κ3) is 3.58. The average Bonchev–Trinajstić information content (AvgIpc) is 3.13. The molecule has 0 unspecified atom stereocenters. The lowest BCUT2D eigenvalue weighted by Crippen LogP contribution is -2.28. The van der Waals surface area contributed by atoms with Gasteiger partial charge in [0.1, 0.15) is 12.3 Å². The number of anilines is 1. The fourth-order valence-corrected chi connectivity index (χ4v) is 3.48. The Morgan fingerprint density at radius 2 is 1.69 bits per heavy atom. The minimum atomic E-state index is -0.448. The first-order valence-corrected chi connectivity index (χ1v) is 10.1. The van der Waals surface area contributed by atoms with Crippen LogP contribution in [0.25, 0.3) is 16.7 Å². The van der Waals surface area contributed by atoms with Crippen molar-refractivity contribution in [1.29, 1.82) is 0 Å². The van der Waals surface area contributed by atoms with E-state index >= 15 is 0 Å². The second kappa shape index (κ2) is 7.99. The van der Waals surface area contributed by atoms with Crippen molar-refractivity contribution < 1.29 is 9.53 Å². The third-order valence-electron chi connectivity index (χ3n) is 5.05. The monoisotopic (exact) mass is 425 g/mol. The zero-order valence-corrected chi connectivity index (χ0v) is 17.2. The second-order valence-electron chi connectivity index (χ2n) is 7.28. The minimum absolute atomic E-state index is 0.185. The van der Waals surface area contributed by atoms with Crippen molar-refractivity contribution >= 4 is 28.3 Å². The first kappa shape index (κ1) is 19.5. The summed E-state index contributed by atoms with van der Waals surface area (Å²) in [6.07, 6.45) is 0. The number of hydrogen-bond acceptors (Lipinski definition) is 5. The number of fused-ring (bicyclic) bond motifs is 3. The predicted octanol–water partition coefficient (Wildman–Crippen LogP) is 3.78. The molecule has 0 spiro atoms. The fraction of sp³-hybridized carbons (Fsp3) is 0.0833. The molecule has 1 amide bonds. The van der Waals surface area contributed by atoms with Gasteiger partial charge < -0.3 is 10.1 Å². The molecule has 0 saturated carbocycles. The highest BCUT2D eigenvalue weighted by Gasteiger charge is 2.19. The Morgan fingerprint density at radius 3 is 2.50 bits per heavy atom. The molecular formula is C24H19N5O3. The van der Waals surface area contributed by atoms with Crippen LogP contribution in [0.3, 0.4) is 0 Å². The normalized spacial score (nSPS) is 11.0. The summed E-state index contributed by atoms with van der Waals surface area (Å²) in [4.78, 5) is 30.4. The smallest absolute Gasteiger partial charge is 0.351 e. The third-order valence-corrected chi connectivity index (χ3v) is 5.05. The van der Waals surface area contributed by atoms with Gasteiger partial charge in [0.05, 0.1) is 11.0 Å². The average molecular weight is 425 g/mol. The minimum Gasteiger partial charge on any atom is -0.436 e. The van der Waals surface area contributed by atoms with E-state index < -0.39 is 5.69 Å². The van der Waals surface area contributed by atoms with Gasteiger partial charge in [-0.05, 0) is 42.8 Å². The van der Waals surface area contributed by atoms with Crippen LogP contribution in [0.4, 0.5) is 5.69 Å². The molecule has 158 valence electrons. The molecule has 0 aliphatic carbocycles. The molecule has 8 nitrogen and oxygen atoms in total. The summed E-state index contributed by atoms with van der Waals surface area (Å²) in [7, 11) is 0. The number of nitrogens with one attached hydrogen (secondary N) is 1. The van der Waals surface area contributed by atoms with E-state index in [1.54, 1.807) is 24.3 Å². The van der Waals surface area contributed by atoms with Crippen LogP contribution in [0.15, 0.2) is 83.7 Å². The van der Waals surface area contributed by atoms with Crippen LogP contribution in [0.5, 0.6) is 11.6 Å². The van der Waals surface area contributed by atoms with Crippen molar-refractivity contribution in [2.24, 2.45) is 0 Å². The number of aryl methyl sites for hydroxylation is 1. The van der Waals surface area contributed by atoms with Crippen molar-refractivity contribution in [3.05, 3.63) is 94.9 Å². The number of hydrogen-bond donors (Lipinski definition) is 1. The Labute approximate surface area is 182 Å². The molecule has 0 bridgehead atoms. The highest BCUT2D eigenvalue weighted by Crippen LogP contribution is 2.25. The quantitative estimate of drug-likeness (QED) is 0.463. The van der Waals surface area contributed by atoms with E-state index in [4.69, 9.17) is 4.74 Å². The molecule has 3 aromatic carbocycles. The van der Waals surface area contributed by atoms with Crippen molar-refractivity contribution in [3.63, 3.8) is 0 Å². The largest absolute Gasteiger partial charge is 0.436 e. The standard InChI is InChI=1S/C24H19N5O3/c1-16-9-5-6-12-18(16)25-21(30)15-28-24(31)29-20-14-8-7-13-19(20)26-23(22(29)27-28)32-17-10-3-2-4-11-17/h2-14H,15H2,1H3,(H,25,30). The van der Waals surface area contributed by atoms with Crippen LogP contribution in [0.1, 0.15) is 5.56 Å². The maximum absolute atomic E-state index is 13.2. The highest BCUT2D eigenvalue weighted by molar-refractivity contribution is 5.91. The van der Waals surface area contributed by atoms with Crippen LogP contribution in [0, 0.1) is 6.92 Å². The molecule has 8 heteroatoms. The molecule has 2 heterocycles. The number of carbonyl (C=O) groups is 1. The summed E-state index contributed by atoms with van der Waals surface area (Å²) < 4.78 is 8.48. The van der Waals surface area contributed by atoms with Gasteiger partial charge in [-0.3, -0.25) is 4.79 Å². The molecule has 2 aromatic heterocycles. The zero-order valence-electron chi connectivity index (χ0n) is 17.2. The van der Waals surface area contributed by atoms with Gasteiger partial charge in [0.2, 0.25) is 11.6 Å². The van der Waals surface area contributed by atoms with Crippen LogP contribution in [0.2, 0.25) is 0 Å². The summed E-state index contributed by atoms with van der Waals surface area (Å²) in [5, 5.41) is 7.21. The second-order valence-corrected chi connectivity index (χ2v) is 7.28. The molecule has 0 atom stereocenters. The Hall–Kier alpha value is -4.46. The van der Waals surface area contributed by atoms with Crippen molar-refractivity contribution in [1.82, 2.24) is 19.2 Å². The SMILES string of the molecule is Cc1ccccc1NC(=O)Cn1nc2c(Oc3ccccc3)nc3ccccc3n2c1=O. The Balaban J connectivity index is 1.57. The van der Waals surface area contributed by atoms with E-state index in [-0.39, 0.29) is 24.0 Å². The highest BCUT2D eigenvalue weighted by atomic mass is 16.5. The Bertz CT molecular complexity index is 1510. The first-order chi connectivity index (χ1) is 15.6. The van der Waals surface area contributed by atoms with Crippen molar-refractivity contribution in [2.45, 2.75) is 13.5 Å². The topological polar surface area (TPSA) is 90.5 Å². The van der Waals surface area contributed by atoms with E-state index in [1.165, 1.54) is 4.40 Å². The lowest BCUT2D eigenvalue weighted by atomic mass is 10.2. The molecule has 0 fully saturated rings. The van der Waals surface area contributed by atoms with E-state index in [0.29, 0.717) is 22.5 Å². The summed E-state index contributed by atoms with van der Waals surface area (Å²) >= 11 is 0. The fourth-order valence-electron chi connectivity index (χ4n) is 3.48. The Kier molecular flexibility index (Phi) is 4.87. The van der Waals surface area contributed by atoms with Gasteiger partial charge in [-0.15, -0.1) is 5.10 Å². The first-order valence-electron chi connectivity index (χ1n) is 10.1. The molecule has 5 rings (SSSR count). The molecule has 32 heavy (non-hydrogen) atoms. The Morgan fingerprint density at radius 1 is 0.969 bits per heavy atom. The zero-order chi connectivity index (χ0) is 22.1. The summed E-state index contributed by atoms with van der Waals surface area (Å²) in [5.74, 6) is 0.397. The number of ether oxygens (including phenoxy) is 1. The van der Waals surface area contributed by atoms with E-state index in [0.717, 1.165) is 10.2 Å². The van der Waals surface area contributed by atoms with Crippen LogP contribution in [-0.2, 0) is 11.3 Å². The van der Waals surface area contributed by atoms with E-state index in [1.807, 2.05) is 61.5 Å². The lowest BCUT2D eigenvalue weighted by Gasteiger charge is -2.07. The van der Waals surface area contributed by atoms with E-state index in [2.05, 4.69) is 15.4 Å². The molecule has 5 aromatic rings. The number of amides is 1. The van der Waals surface area contributed by atoms with Gasteiger partial charge in [0.25, 0.3) is 5.88 Å². The van der Waals surface area contributed by atoms with Crippen LogP contribution >= 0.6 is 0 Å². The molecule has 0 aliphatic rings. The number of benzene rings is 3.